The van der Waals surface area contributed by atoms with Crippen LogP contribution >= 0.6 is 0 Å². The average Bonchev–Trinajstić information content (AvgIpc) is 2.21. The highest BCUT2D eigenvalue weighted by atomic mass is 16.4. The number of carbonyl (C=O) groups is 1. The Hall–Kier alpha value is -1.78. The fourth-order valence-electron chi connectivity index (χ4n) is 1.38. The minimum atomic E-state index is -1.01. The van der Waals surface area contributed by atoms with E-state index in [9.17, 15) is 4.79 Å². The predicted molar refractivity (Wildman–Crippen MR) is 59.2 cm³/mol. The number of pyridine rings is 1. The molecular weight excluding hydrogens is 194 g/mol. The Morgan fingerprint density at radius 1 is 1.53 bits per heavy atom. The van der Waals surface area contributed by atoms with Gasteiger partial charge in [-0.3, -0.25) is 0 Å². The number of carboxylic acids is 1. The molecule has 0 aromatic carbocycles. The number of aromatic nitrogens is 1. The van der Waals surface area contributed by atoms with Crippen molar-refractivity contribution in [2.45, 2.75) is 13.8 Å². The van der Waals surface area contributed by atoms with E-state index in [4.69, 9.17) is 10.8 Å². The summed E-state index contributed by atoms with van der Waals surface area (Å²) in [7, 11) is 0. The van der Waals surface area contributed by atoms with E-state index < -0.39 is 5.97 Å². The summed E-state index contributed by atoms with van der Waals surface area (Å²) in [6.07, 6.45) is 1.33. The number of hydrogen-bond acceptors (Lipinski definition) is 4. The second kappa shape index (κ2) is 4.63. The SMILES string of the molecule is CCN(CC)c1ncc(C(=O)O)cc1N. The van der Waals surface area contributed by atoms with Gasteiger partial charge in [0.15, 0.2) is 5.82 Å². The van der Waals surface area contributed by atoms with Crippen LogP contribution in [0.2, 0.25) is 0 Å². The summed E-state index contributed by atoms with van der Waals surface area (Å²) >= 11 is 0. The summed E-state index contributed by atoms with van der Waals surface area (Å²) in [4.78, 5) is 16.7. The van der Waals surface area contributed by atoms with E-state index in [1.165, 1.54) is 12.3 Å². The van der Waals surface area contributed by atoms with Gasteiger partial charge in [0.2, 0.25) is 0 Å². The van der Waals surface area contributed by atoms with E-state index in [0.29, 0.717) is 11.5 Å². The first-order chi connectivity index (χ1) is 7.10. The molecule has 0 saturated carbocycles. The van der Waals surface area contributed by atoms with Crippen molar-refractivity contribution in [1.29, 1.82) is 0 Å². The first-order valence-corrected chi connectivity index (χ1v) is 4.83. The molecule has 0 aliphatic rings. The van der Waals surface area contributed by atoms with Crippen LogP contribution in [0.25, 0.3) is 0 Å². The number of rotatable bonds is 4. The van der Waals surface area contributed by atoms with Crippen molar-refractivity contribution in [3.63, 3.8) is 0 Å². The van der Waals surface area contributed by atoms with Crippen molar-refractivity contribution in [3.8, 4) is 0 Å². The van der Waals surface area contributed by atoms with Crippen LogP contribution in [0, 0.1) is 0 Å². The number of hydrogen-bond donors (Lipinski definition) is 2. The summed E-state index contributed by atoms with van der Waals surface area (Å²) in [5, 5.41) is 8.74. The Bertz CT molecular complexity index is 362. The van der Waals surface area contributed by atoms with Gasteiger partial charge < -0.3 is 15.7 Å². The van der Waals surface area contributed by atoms with E-state index in [-0.39, 0.29) is 5.56 Å². The maximum absolute atomic E-state index is 10.7. The van der Waals surface area contributed by atoms with Crippen LogP contribution in [0.5, 0.6) is 0 Å². The Morgan fingerprint density at radius 2 is 2.13 bits per heavy atom. The molecule has 0 saturated heterocycles. The summed E-state index contributed by atoms with van der Waals surface area (Å²) in [5.74, 6) is -0.370. The van der Waals surface area contributed by atoms with Crippen LogP contribution in [0.4, 0.5) is 11.5 Å². The molecule has 0 fully saturated rings. The van der Waals surface area contributed by atoms with E-state index in [0.717, 1.165) is 13.1 Å². The molecule has 0 aliphatic carbocycles. The van der Waals surface area contributed by atoms with Crippen molar-refractivity contribution >= 4 is 17.5 Å². The minimum absolute atomic E-state index is 0.114. The quantitative estimate of drug-likeness (QED) is 0.779. The van der Waals surface area contributed by atoms with Gasteiger partial charge in [0.05, 0.1) is 11.3 Å². The molecule has 0 unspecified atom stereocenters. The number of nitrogens with zero attached hydrogens (tertiary/aromatic N) is 2. The number of anilines is 2. The van der Waals surface area contributed by atoms with Crippen LogP contribution in [0.3, 0.4) is 0 Å². The highest BCUT2D eigenvalue weighted by Gasteiger charge is 2.11. The molecule has 1 rings (SSSR count). The molecule has 0 amide bonds. The lowest BCUT2D eigenvalue weighted by Crippen LogP contribution is -2.24. The lowest BCUT2D eigenvalue weighted by molar-refractivity contribution is 0.0696. The third kappa shape index (κ3) is 2.37. The standard InChI is InChI=1S/C10H15N3O2/c1-3-13(4-2)9-8(11)5-7(6-12-9)10(14)15/h5-6H,3-4,11H2,1-2H3,(H,14,15). The van der Waals surface area contributed by atoms with Crippen LogP contribution in [0.15, 0.2) is 12.3 Å². The van der Waals surface area contributed by atoms with Crippen LogP contribution in [0.1, 0.15) is 24.2 Å². The molecule has 0 atom stereocenters. The highest BCUT2D eigenvalue weighted by molar-refractivity contribution is 5.89. The molecule has 5 heteroatoms. The van der Waals surface area contributed by atoms with Gasteiger partial charge in [-0.15, -0.1) is 0 Å². The molecule has 0 spiro atoms. The first-order valence-electron chi connectivity index (χ1n) is 4.83. The Morgan fingerprint density at radius 3 is 2.53 bits per heavy atom. The monoisotopic (exact) mass is 209 g/mol. The highest BCUT2D eigenvalue weighted by Crippen LogP contribution is 2.20. The van der Waals surface area contributed by atoms with Crippen LogP contribution in [-0.4, -0.2) is 29.1 Å². The Kier molecular flexibility index (Phi) is 3.49. The molecule has 1 heterocycles. The van der Waals surface area contributed by atoms with Crippen LogP contribution < -0.4 is 10.6 Å². The normalized spacial score (nSPS) is 10.0. The van der Waals surface area contributed by atoms with Crippen molar-refractivity contribution < 1.29 is 9.90 Å². The molecule has 5 nitrogen and oxygen atoms in total. The van der Waals surface area contributed by atoms with Crippen molar-refractivity contribution in [2.24, 2.45) is 0 Å². The smallest absolute Gasteiger partial charge is 0.337 e. The van der Waals surface area contributed by atoms with Gasteiger partial charge in [-0.1, -0.05) is 0 Å². The third-order valence-electron chi connectivity index (χ3n) is 2.21. The molecule has 82 valence electrons. The summed E-state index contributed by atoms with van der Waals surface area (Å²) in [6, 6.07) is 1.43. The van der Waals surface area contributed by atoms with Gasteiger partial charge in [0.1, 0.15) is 0 Å². The van der Waals surface area contributed by atoms with Gasteiger partial charge in [0.25, 0.3) is 0 Å². The van der Waals surface area contributed by atoms with E-state index in [1.807, 2.05) is 18.7 Å². The number of carboxylic acid groups (broad SMARTS) is 1. The fraction of sp³-hybridized carbons (Fsp3) is 0.400. The summed E-state index contributed by atoms with van der Waals surface area (Å²) in [5.41, 5.74) is 6.26. The van der Waals surface area contributed by atoms with Crippen molar-refractivity contribution in [3.05, 3.63) is 17.8 Å². The zero-order valence-corrected chi connectivity index (χ0v) is 8.90. The molecule has 0 aliphatic heterocycles. The fourth-order valence-corrected chi connectivity index (χ4v) is 1.38. The van der Waals surface area contributed by atoms with Crippen LogP contribution in [-0.2, 0) is 0 Å². The maximum atomic E-state index is 10.7. The molecular formula is C10H15N3O2. The second-order valence-electron chi connectivity index (χ2n) is 3.11. The predicted octanol–water partition coefficient (Wildman–Crippen LogP) is 1.21. The first kappa shape index (κ1) is 11.3. The summed E-state index contributed by atoms with van der Waals surface area (Å²) in [6.45, 7) is 5.58. The van der Waals surface area contributed by atoms with Crippen molar-refractivity contribution in [1.82, 2.24) is 4.98 Å². The van der Waals surface area contributed by atoms with Gasteiger partial charge in [-0.05, 0) is 19.9 Å². The molecule has 0 bridgehead atoms. The molecule has 0 radical (unpaired) electrons. The minimum Gasteiger partial charge on any atom is -0.478 e. The van der Waals surface area contributed by atoms with Crippen molar-refractivity contribution in [2.75, 3.05) is 23.7 Å². The molecule has 3 N–H and O–H groups in total. The lowest BCUT2D eigenvalue weighted by Gasteiger charge is -2.21. The molecule has 1 aromatic rings. The van der Waals surface area contributed by atoms with E-state index in [1.54, 1.807) is 0 Å². The average molecular weight is 209 g/mol. The lowest BCUT2D eigenvalue weighted by atomic mass is 10.2. The molecule has 1 aromatic heterocycles. The van der Waals surface area contributed by atoms with Gasteiger partial charge in [-0.25, -0.2) is 9.78 Å². The largest absolute Gasteiger partial charge is 0.478 e. The van der Waals surface area contributed by atoms with Gasteiger partial charge >= 0.3 is 5.97 Å². The second-order valence-corrected chi connectivity index (χ2v) is 3.11. The van der Waals surface area contributed by atoms with E-state index >= 15 is 0 Å². The zero-order chi connectivity index (χ0) is 11.4. The maximum Gasteiger partial charge on any atom is 0.337 e. The third-order valence-corrected chi connectivity index (χ3v) is 2.21. The van der Waals surface area contributed by atoms with Gasteiger partial charge in [0, 0.05) is 19.3 Å². The van der Waals surface area contributed by atoms with Gasteiger partial charge in [-0.2, -0.15) is 0 Å². The molecule has 15 heavy (non-hydrogen) atoms. The van der Waals surface area contributed by atoms with E-state index in [2.05, 4.69) is 4.98 Å². The number of nitrogen functional groups attached to an aromatic ring is 1. The number of aromatic carboxylic acids is 1. The Balaban J connectivity index is 3.07. The zero-order valence-electron chi connectivity index (χ0n) is 8.90. The number of nitrogens with two attached hydrogens (primary N) is 1. The topological polar surface area (TPSA) is 79.5 Å². The Labute approximate surface area is 88.5 Å². The summed E-state index contributed by atoms with van der Waals surface area (Å²) < 4.78 is 0.